The van der Waals surface area contributed by atoms with E-state index in [-0.39, 0.29) is 23.1 Å². The molecular formula is C25H22N2O5S. The van der Waals surface area contributed by atoms with Crippen molar-refractivity contribution in [1.29, 1.82) is 0 Å². The van der Waals surface area contributed by atoms with Gasteiger partial charge in [0, 0.05) is 22.8 Å². The first-order valence-electron chi connectivity index (χ1n) is 10.2. The predicted octanol–water partition coefficient (Wildman–Crippen LogP) is 4.04. The number of carbonyl (C=O) groups excluding carboxylic acids is 2. The van der Waals surface area contributed by atoms with Gasteiger partial charge in [-0.2, -0.15) is 0 Å². The maximum atomic E-state index is 13.2. The summed E-state index contributed by atoms with van der Waals surface area (Å²) in [4.78, 5) is 24.4. The van der Waals surface area contributed by atoms with Crippen molar-refractivity contribution in [2.24, 2.45) is 0 Å². The Balaban J connectivity index is 1.57. The van der Waals surface area contributed by atoms with Crippen LogP contribution in [-0.4, -0.2) is 32.0 Å². The number of hydrogen-bond acceptors (Lipinski definition) is 5. The number of esters is 1. The number of anilines is 1. The number of nitrogens with one attached hydrogen (secondary N) is 1. The van der Waals surface area contributed by atoms with E-state index >= 15 is 0 Å². The standard InChI is InChI=1S/C25H22N2O5S/c1-32-25(29)19-11-13-20(14-12-19)26-24(28)16-27-15-23(21-9-5-6-10-22(21)27)33(30,31)17-18-7-3-2-4-8-18/h2-15H,16-17H2,1H3,(H,26,28). The number of rotatable bonds is 7. The van der Waals surface area contributed by atoms with Gasteiger partial charge in [-0.15, -0.1) is 0 Å². The Bertz CT molecular complexity index is 1410. The lowest BCUT2D eigenvalue weighted by atomic mass is 10.2. The Hall–Kier alpha value is -3.91. The normalized spacial score (nSPS) is 11.3. The number of para-hydroxylation sites is 1. The molecule has 0 atom stereocenters. The maximum Gasteiger partial charge on any atom is 0.337 e. The van der Waals surface area contributed by atoms with Crippen LogP contribution in [0.2, 0.25) is 0 Å². The third kappa shape index (κ3) is 4.96. The Morgan fingerprint density at radius 2 is 1.58 bits per heavy atom. The fraction of sp³-hybridized carbons (Fsp3) is 0.120. The van der Waals surface area contributed by atoms with Gasteiger partial charge in [0.15, 0.2) is 9.84 Å². The minimum atomic E-state index is -3.63. The Labute approximate surface area is 191 Å². The third-order valence-electron chi connectivity index (χ3n) is 5.19. The highest BCUT2D eigenvalue weighted by Crippen LogP contribution is 2.28. The van der Waals surface area contributed by atoms with Gasteiger partial charge in [-0.1, -0.05) is 48.5 Å². The highest BCUT2D eigenvalue weighted by atomic mass is 32.2. The van der Waals surface area contributed by atoms with Crippen LogP contribution >= 0.6 is 0 Å². The summed E-state index contributed by atoms with van der Waals surface area (Å²) in [6.45, 7) is -0.0693. The number of carbonyl (C=O) groups is 2. The Morgan fingerprint density at radius 3 is 2.27 bits per heavy atom. The van der Waals surface area contributed by atoms with Crippen LogP contribution in [0.4, 0.5) is 5.69 Å². The molecule has 1 amide bonds. The van der Waals surface area contributed by atoms with Crippen molar-refractivity contribution in [3.63, 3.8) is 0 Å². The average Bonchev–Trinajstić information content (AvgIpc) is 3.19. The van der Waals surface area contributed by atoms with Crippen LogP contribution in [0.3, 0.4) is 0 Å². The molecule has 1 N–H and O–H groups in total. The Morgan fingerprint density at radius 1 is 0.909 bits per heavy atom. The van der Waals surface area contributed by atoms with E-state index in [2.05, 4.69) is 10.1 Å². The molecule has 1 heterocycles. The predicted molar refractivity (Wildman–Crippen MR) is 126 cm³/mol. The number of methoxy groups -OCH3 is 1. The lowest BCUT2D eigenvalue weighted by molar-refractivity contribution is -0.116. The molecule has 1 aromatic heterocycles. The fourth-order valence-corrected chi connectivity index (χ4v) is 5.21. The molecule has 3 aromatic carbocycles. The summed E-state index contributed by atoms with van der Waals surface area (Å²) < 4.78 is 32.6. The van der Waals surface area contributed by atoms with Gasteiger partial charge in [-0.3, -0.25) is 4.79 Å². The average molecular weight is 463 g/mol. The molecule has 168 valence electrons. The van der Waals surface area contributed by atoms with E-state index in [0.29, 0.717) is 27.7 Å². The van der Waals surface area contributed by atoms with Crippen molar-refractivity contribution in [3.05, 3.63) is 96.2 Å². The molecule has 33 heavy (non-hydrogen) atoms. The molecule has 0 aliphatic heterocycles. The van der Waals surface area contributed by atoms with Gasteiger partial charge in [0.1, 0.15) is 6.54 Å². The van der Waals surface area contributed by atoms with E-state index in [1.807, 2.05) is 6.07 Å². The molecule has 0 saturated carbocycles. The topological polar surface area (TPSA) is 94.5 Å². The molecule has 0 radical (unpaired) electrons. The van der Waals surface area contributed by atoms with Crippen LogP contribution in [0.15, 0.2) is 90.0 Å². The highest BCUT2D eigenvalue weighted by molar-refractivity contribution is 7.90. The molecule has 0 spiro atoms. The Kier molecular flexibility index (Phi) is 6.28. The van der Waals surface area contributed by atoms with Gasteiger partial charge >= 0.3 is 5.97 Å². The molecule has 0 aliphatic carbocycles. The maximum absolute atomic E-state index is 13.2. The summed E-state index contributed by atoms with van der Waals surface area (Å²) >= 11 is 0. The summed E-state index contributed by atoms with van der Waals surface area (Å²) in [7, 11) is -2.33. The second-order valence-corrected chi connectivity index (χ2v) is 9.46. The highest BCUT2D eigenvalue weighted by Gasteiger charge is 2.22. The van der Waals surface area contributed by atoms with E-state index in [1.54, 1.807) is 77.4 Å². The first-order valence-corrected chi connectivity index (χ1v) is 11.9. The zero-order chi connectivity index (χ0) is 23.4. The molecule has 4 rings (SSSR count). The summed E-state index contributed by atoms with van der Waals surface area (Å²) in [6, 6.07) is 22.4. The lowest BCUT2D eigenvalue weighted by Crippen LogP contribution is -2.18. The van der Waals surface area contributed by atoms with Crippen molar-refractivity contribution in [1.82, 2.24) is 4.57 Å². The molecule has 0 fully saturated rings. The third-order valence-corrected chi connectivity index (χ3v) is 6.90. The minimum absolute atomic E-state index is 0.0693. The molecule has 0 bridgehead atoms. The number of hydrogen-bond donors (Lipinski definition) is 1. The second kappa shape index (κ2) is 9.30. The number of sulfone groups is 1. The number of fused-ring (bicyclic) bond motifs is 1. The van der Waals surface area contributed by atoms with Crippen LogP contribution in [0, 0.1) is 0 Å². The molecule has 8 heteroatoms. The van der Waals surface area contributed by atoms with E-state index in [9.17, 15) is 18.0 Å². The monoisotopic (exact) mass is 462 g/mol. The van der Waals surface area contributed by atoms with Gasteiger partial charge in [0.2, 0.25) is 5.91 Å². The van der Waals surface area contributed by atoms with Crippen LogP contribution in [0.5, 0.6) is 0 Å². The molecule has 7 nitrogen and oxygen atoms in total. The van der Waals surface area contributed by atoms with Crippen molar-refractivity contribution in [2.75, 3.05) is 12.4 Å². The van der Waals surface area contributed by atoms with Gasteiger partial charge in [0.25, 0.3) is 0 Å². The van der Waals surface area contributed by atoms with Crippen molar-refractivity contribution in [3.8, 4) is 0 Å². The summed E-state index contributed by atoms with van der Waals surface area (Å²) in [5.41, 5.74) is 2.24. The first-order chi connectivity index (χ1) is 15.9. The number of benzene rings is 3. The SMILES string of the molecule is COC(=O)c1ccc(NC(=O)Cn2cc(S(=O)(=O)Cc3ccccc3)c3ccccc32)cc1. The summed E-state index contributed by atoms with van der Waals surface area (Å²) in [5.74, 6) is -0.912. The van der Waals surface area contributed by atoms with Crippen molar-refractivity contribution in [2.45, 2.75) is 17.2 Å². The van der Waals surface area contributed by atoms with Crippen molar-refractivity contribution >= 4 is 38.3 Å². The largest absolute Gasteiger partial charge is 0.465 e. The molecule has 0 aliphatic rings. The van der Waals surface area contributed by atoms with Gasteiger partial charge in [-0.25, -0.2) is 13.2 Å². The minimum Gasteiger partial charge on any atom is -0.465 e. The molecular weight excluding hydrogens is 440 g/mol. The van der Waals surface area contributed by atoms with Crippen LogP contribution in [0.25, 0.3) is 10.9 Å². The van der Waals surface area contributed by atoms with Crippen molar-refractivity contribution < 1.29 is 22.7 Å². The number of aromatic nitrogens is 1. The van der Waals surface area contributed by atoms with Crippen LogP contribution < -0.4 is 5.32 Å². The first kappa shape index (κ1) is 22.3. The molecule has 4 aromatic rings. The zero-order valence-corrected chi connectivity index (χ0v) is 18.7. The van der Waals surface area contributed by atoms with Gasteiger partial charge < -0.3 is 14.6 Å². The molecule has 0 unspecified atom stereocenters. The van der Waals surface area contributed by atoms with Gasteiger partial charge in [0.05, 0.1) is 23.3 Å². The van der Waals surface area contributed by atoms with E-state index in [1.165, 1.54) is 13.3 Å². The quantitative estimate of drug-likeness (QED) is 0.418. The van der Waals surface area contributed by atoms with E-state index in [4.69, 9.17) is 0 Å². The number of nitrogens with zero attached hydrogens (tertiary/aromatic N) is 1. The summed E-state index contributed by atoms with van der Waals surface area (Å²) in [6.07, 6.45) is 1.52. The van der Waals surface area contributed by atoms with Crippen LogP contribution in [-0.2, 0) is 31.7 Å². The fourth-order valence-electron chi connectivity index (χ4n) is 3.63. The van der Waals surface area contributed by atoms with Crippen LogP contribution in [0.1, 0.15) is 15.9 Å². The smallest absolute Gasteiger partial charge is 0.337 e. The summed E-state index contributed by atoms with van der Waals surface area (Å²) in [5, 5.41) is 3.34. The lowest BCUT2D eigenvalue weighted by Gasteiger charge is -2.08. The van der Waals surface area contributed by atoms with Gasteiger partial charge in [-0.05, 0) is 35.9 Å². The molecule has 0 saturated heterocycles. The van der Waals surface area contributed by atoms with E-state index in [0.717, 1.165) is 0 Å². The number of ether oxygens (including phenoxy) is 1. The number of amides is 1. The zero-order valence-electron chi connectivity index (χ0n) is 17.9. The van der Waals surface area contributed by atoms with E-state index < -0.39 is 15.8 Å². The second-order valence-electron chi connectivity index (χ2n) is 7.50.